The van der Waals surface area contributed by atoms with Gasteiger partial charge in [0.1, 0.15) is 33.9 Å². The lowest BCUT2D eigenvalue weighted by atomic mass is 10.2. The van der Waals surface area contributed by atoms with Gasteiger partial charge in [0.2, 0.25) is 0 Å². The SMILES string of the molecule is [N-]=[N+]=Nc1cc(O)c(C(=O)O)cc1I.[N-]=[N+]=Nc1cc(O)c(C(=O)ON2C(=O)CCC2=O)cc1I.[N-]=[N+]=Nc1ccc(C(=O)O)c(O)c1. The van der Waals surface area contributed by atoms with Crippen molar-refractivity contribution in [3.05, 3.63) is 97.6 Å². The van der Waals surface area contributed by atoms with Crippen LogP contribution in [0, 0.1) is 7.14 Å². The number of benzene rings is 3. The Labute approximate surface area is 293 Å². The molecule has 1 saturated heterocycles. The standard InChI is InChI=1S/C11H7IN4O5.C7H4IN3O3.C7H5N3O3/c12-6-3-5(8(17)4-7(6)14-15-13)11(20)21-16-9(18)1-2-10(16)19;8-4-1-3(7(13)14)6(12)2-5(4)10-11-9;8-10-9-4-1-2-5(7(12)13)6(11)3-4/h3-4,17H,1-2H2;1-2,12H,(H,13,14);1-3,11H,(H,12,13). The maximum atomic E-state index is 11.9. The molecule has 21 nitrogen and oxygen atoms in total. The number of halogens is 2. The molecule has 1 aliphatic rings. The van der Waals surface area contributed by atoms with Gasteiger partial charge in [0, 0.05) is 40.4 Å². The number of phenols is 3. The highest BCUT2D eigenvalue weighted by Crippen LogP contribution is 2.32. The van der Waals surface area contributed by atoms with Gasteiger partial charge in [0.05, 0.1) is 11.4 Å². The number of amides is 2. The van der Waals surface area contributed by atoms with Crippen molar-refractivity contribution in [2.24, 2.45) is 15.3 Å². The van der Waals surface area contributed by atoms with Crippen LogP contribution >= 0.6 is 45.2 Å². The molecule has 0 bridgehead atoms. The molecule has 3 aromatic carbocycles. The molecule has 0 spiro atoms. The molecule has 0 unspecified atom stereocenters. The van der Waals surface area contributed by atoms with Crippen LogP contribution in [0.2, 0.25) is 0 Å². The fourth-order valence-corrected chi connectivity index (χ4v) is 4.44. The Morgan fingerprint density at radius 3 is 1.56 bits per heavy atom. The largest absolute Gasteiger partial charge is 0.507 e. The van der Waals surface area contributed by atoms with E-state index >= 15 is 0 Å². The molecule has 0 radical (unpaired) electrons. The molecule has 0 aromatic heterocycles. The van der Waals surface area contributed by atoms with E-state index < -0.39 is 47.0 Å². The second-order valence-electron chi connectivity index (χ2n) is 8.48. The first-order valence-corrected chi connectivity index (χ1v) is 14.4. The smallest absolute Gasteiger partial charge is 0.367 e. The number of aromatic carboxylic acids is 2. The Kier molecular flexibility index (Phi) is 14.0. The number of carbonyl (C=O) groups is 5. The molecule has 0 saturated carbocycles. The summed E-state index contributed by atoms with van der Waals surface area (Å²) in [6.07, 6.45) is -0.0447. The first-order chi connectivity index (χ1) is 22.6. The maximum absolute atomic E-state index is 11.9. The number of phenolic OH excluding ortho intramolecular Hbond substituents is 1. The lowest BCUT2D eigenvalue weighted by molar-refractivity contribution is -0.172. The third kappa shape index (κ3) is 10.3. The zero-order valence-electron chi connectivity index (χ0n) is 23.4. The Bertz CT molecular complexity index is 1930. The van der Waals surface area contributed by atoms with Crippen LogP contribution < -0.4 is 0 Å². The molecule has 1 fully saturated rings. The molecule has 1 heterocycles. The summed E-state index contributed by atoms with van der Waals surface area (Å²) in [6.45, 7) is 0. The lowest BCUT2D eigenvalue weighted by Crippen LogP contribution is -2.32. The van der Waals surface area contributed by atoms with E-state index in [1.807, 2.05) is 22.6 Å². The van der Waals surface area contributed by atoms with Gasteiger partial charge in [0.25, 0.3) is 11.8 Å². The van der Waals surface area contributed by atoms with Crippen LogP contribution in [0.25, 0.3) is 31.3 Å². The van der Waals surface area contributed by atoms with Crippen molar-refractivity contribution < 1.29 is 54.3 Å². The summed E-state index contributed by atoms with van der Waals surface area (Å²) in [6, 6.07) is 8.24. The number of hydroxylamine groups is 2. The fourth-order valence-electron chi connectivity index (χ4n) is 3.29. The average molecular weight is 886 g/mol. The highest BCUT2D eigenvalue weighted by molar-refractivity contribution is 14.1. The third-order valence-corrected chi connectivity index (χ3v) is 7.17. The molecule has 4 rings (SSSR count). The third-order valence-electron chi connectivity index (χ3n) is 5.44. The fraction of sp³-hybridized carbons (Fsp3) is 0.0800. The van der Waals surface area contributed by atoms with Gasteiger partial charge in [-0.15, -0.1) is 5.06 Å². The van der Waals surface area contributed by atoms with Crippen LogP contribution in [0.15, 0.2) is 57.8 Å². The first kappa shape index (κ1) is 38.2. The van der Waals surface area contributed by atoms with Crippen molar-refractivity contribution in [1.82, 2.24) is 5.06 Å². The highest BCUT2D eigenvalue weighted by atomic mass is 127. The molecule has 23 heteroatoms. The average Bonchev–Trinajstić information content (AvgIpc) is 3.33. The second-order valence-corrected chi connectivity index (χ2v) is 10.8. The van der Waals surface area contributed by atoms with Gasteiger partial charge in [-0.2, -0.15) is 0 Å². The number of rotatable bonds is 7. The number of nitrogens with zero attached hydrogens (tertiary/aromatic N) is 10. The van der Waals surface area contributed by atoms with Gasteiger partial charge in [-0.3, -0.25) is 9.59 Å². The minimum Gasteiger partial charge on any atom is -0.507 e. The topological polar surface area (TPSA) is 345 Å². The number of hydrogen-bond donors (Lipinski definition) is 5. The Balaban J connectivity index is 0.000000261. The number of hydrogen-bond acceptors (Lipinski definition) is 12. The maximum Gasteiger partial charge on any atom is 0.367 e. The molecule has 3 aromatic rings. The predicted octanol–water partition coefficient (Wildman–Crippen LogP) is 6.83. The summed E-state index contributed by atoms with van der Waals surface area (Å²) < 4.78 is 0.866. The molecule has 0 aliphatic carbocycles. The number of aromatic hydroxyl groups is 3. The molecular weight excluding hydrogens is 870 g/mol. The number of imide groups is 1. The van der Waals surface area contributed by atoms with E-state index in [0.717, 1.165) is 18.2 Å². The molecule has 48 heavy (non-hydrogen) atoms. The van der Waals surface area contributed by atoms with Crippen molar-refractivity contribution in [3.8, 4) is 17.2 Å². The van der Waals surface area contributed by atoms with Gasteiger partial charge in [-0.25, -0.2) is 14.4 Å². The lowest BCUT2D eigenvalue weighted by Gasteiger charge is -2.13. The number of azide groups is 3. The Morgan fingerprint density at radius 2 is 1.12 bits per heavy atom. The van der Waals surface area contributed by atoms with Crippen molar-refractivity contribution >= 4 is 92.0 Å². The van der Waals surface area contributed by atoms with E-state index in [-0.39, 0.29) is 46.6 Å². The summed E-state index contributed by atoms with van der Waals surface area (Å²) in [5.41, 5.74) is 24.4. The van der Waals surface area contributed by atoms with Crippen LogP contribution in [0.1, 0.15) is 43.9 Å². The van der Waals surface area contributed by atoms with Crippen molar-refractivity contribution in [2.45, 2.75) is 12.8 Å². The first-order valence-electron chi connectivity index (χ1n) is 12.2. The molecule has 1 aliphatic heterocycles. The second kappa shape index (κ2) is 17.6. The number of carboxylic acids is 2. The highest BCUT2D eigenvalue weighted by Gasteiger charge is 2.33. The van der Waals surface area contributed by atoms with Crippen LogP contribution in [-0.4, -0.2) is 60.3 Å². The van der Waals surface area contributed by atoms with E-state index in [9.17, 15) is 34.2 Å². The number of carbonyl (C=O) groups excluding carboxylic acids is 3. The van der Waals surface area contributed by atoms with E-state index in [4.69, 9.17) is 31.9 Å². The van der Waals surface area contributed by atoms with E-state index in [1.165, 1.54) is 24.3 Å². The number of carboxylic acid groups (broad SMARTS) is 2. The summed E-state index contributed by atoms with van der Waals surface area (Å²) >= 11 is 3.62. The van der Waals surface area contributed by atoms with Gasteiger partial charge >= 0.3 is 17.9 Å². The van der Waals surface area contributed by atoms with Gasteiger partial charge in [-0.05, 0) is 98.2 Å². The normalized spacial score (nSPS) is 11.2. The van der Waals surface area contributed by atoms with E-state index in [1.54, 1.807) is 22.6 Å². The summed E-state index contributed by atoms with van der Waals surface area (Å²) in [7, 11) is 0. The molecule has 246 valence electrons. The van der Waals surface area contributed by atoms with Crippen LogP contribution in [0.4, 0.5) is 17.1 Å². The molecular formula is C25H16I2N10O11. The molecule has 0 atom stereocenters. The Hall–Kier alpha value is -6.00. The van der Waals surface area contributed by atoms with Crippen LogP contribution in [0.3, 0.4) is 0 Å². The van der Waals surface area contributed by atoms with Crippen LogP contribution in [0.5, 0.6) is 17.2 Å². The zero-order chi connectivity index (χ0) is 36.1. The van der Waals surface area contributed by atoms with Crippen molar-refractivity contribution in [2.75, 3.05) is 0 Å². The summed E-state index contributed by atoms with van der Waals surface area (Å²) in [5.74, 6) is -6.07. The molecule has 5 N–H and O–H groups in total. The molecule has 2 amide bonds. The summed E-state index contributed by atoms with van der Waals surface area (Å²) in [5, 5.41) is 55.5. The van der Waals surface area contributed by atoms with Gasteiger partial charge in [-0.1, -0.05) is 21.4 Å². The van der Waals surface area contributed by atoms with Crippen LogP contribution in [-0.2, 0) is 14.4 Å². The van der Waals surface area contributed by atoms with Crippen molar-refractivity contribution in [1.29, 1.82) is 0 Å². The predicted molar refractivity (Wildman–Crippen MR) is 177 cm³/mol. The van der Waals surface area contributed by atoms with Gasteiger partial charge in [0.15, 0.2) is 0 Å². The monoisotopic (exact) mass is 886 g/mol. The minimum absolute atomic E-state index is 0.0224. The van der Waals surface area contributed by atoms with Crippen molar-refractivity contribution in [3.63, 3.8) is 0 Å². The quantitative estimate of drug-likeness (QED) is 0.0538. The Morgan fingerprint density at radius 1 is 0.688 bits per heavy atom. The van der Waals surface area contributed by atoms with E-state index in [2.05, 4.69) is 34.9 Å². The van der Waals surface area contributed by atoms with E-state index in [0.29, 0.717) is 12.2 Å². The summed E-state index contributed by atoms with van der Waals surface area (Å²) in [4.78, 5) is 67.9. The minimum atomic E-state index is -1.23. The van der Waals surface area contributed by atoms with Gasteiger partial charge < -0.3 is 30.4 Å². The zero-order valence-corrected chi connectivity index (χ0v) is 27.7.